The molecule has 0 aromatic carbocycles. The van der Waals surface area contributed by atoms with Crippen molar-refractivity contribution in [1.82, 2.24) is 9.78 Å². The molecule has 1 aliphatic rings. The molecule has 1 aliphatic carbocycles. The number of carbonyl (C=O) groups is 1. The first-order chi connectivity index (χ1) is 8.69. The van der Waals surface area contributed by atoms with E-state index in [2.05, 4.69) is 12.0 Å². The lowest BCUT2D eigenvalue weighted by molar-refractivity contribution is -0.119. The minimum atomic E-state index is 0.386. The Morgan fingerprint density at radius 2 is 2.11 bits per heavy atom. The van der Waals surface area contributed by atoms with Gasteiger partial charge in [-0.05, 0) is 25.8 Å². The van der Waals surface area contributed by atoms with Gasteiger partial charge in [0.1, 0.15) is 5.78 Å². The largest absolute Gasteiger partial charge is 0.299 e. The minimum absolute atomic E-state index is 0.386. The molecule has 0 saturated heterocycles. The van der Waals surface area contributed by atoms with E-state index in [-0.39, 0.29) is 0 Å². The summed E-state index contributed by atoms with van der Waals surface area (Å²) in [5.74, 6) is 1.03. The zero-order chi connectivity index (χ0) is 13.0. The third-order valence-corrected chi connectivity index (χ3v) is 3.90. The lowest BCUT2D eigenvalue weighted by atomic mass is 9.85. The van der Waals surface area contributed by atoms with E-state index < -0.39 is 0 Å². The molecule has 0 unspecified atom stereocenters. The van der Waals surface area contributed by atoms with Crippen molar-refractivity contribution in [3.8, 4) is 0 Å². The molecule has 100 valence electrons. The maximum absolute atomic E-state index is 12.1. The quantitative estimate of drug-likeness (QED) is 0.801. The lowest BCUT2D eigenvalue weighted by Gasteiger charge is -2.20. The minimum Gasteiger partial charge on any atom is -0.299 e. The van der Waals surface area contributed by atoms with Crippen LogP contribution in [-0.2, 0) is 17.8 Å². The fourth-order valence-corrected chi connectivity index (χ4v) is 3.00. The predicted molar refractivity (Wildman–Crippen MR) is 72.5 cm³/mol. The van der Waals surface area contributed by atoms with Gasteiger partial charge in [0.25, 0.3) is 0 Å². The van der Waals surface area contributed by atoms with Gasteiger partial charge in [0.2, 0.25) is 0 Å². The van der Waals surface area contributed by atoms with Crippen LogP contribution in [0.1, 0.15) is 56.8 Å². The van der Waals surface area contributed by atoms with Crippen molar-refractivity contribution in [1.29, 1.82) is 0 Å². The number of hydrogen-bond donors (Lipinski definition) is 0. The molecule has 0 N–H and O–H groups in total. The Hall–Kier alpha value is -1.12. The smallest absolute Gasteiger partial charge is 0.139 e. The van der Waals surface area contributed by atoms with Crippen LogP contribution in [0.4, 0.5) is 0 Å². The van der Waals surface area contributed by atoms with Crippen molar-refractivity contribution in [2.45, 2.75) is 65.3 Å². The van der Waals surface area contributed by atoms with E-state index in [0.717, 1.165) is 24.4 Å². The van der Waals surface area contributed by atoms with Gasteiger partial charge in [0.05, 0.1) is 5.69 Å². The molecular weight excluding hydrogens is 224 g/mol. The molecule has 0 spiro atoms. The lowest BCUT2D eigenvalue weighted by Crippen LogP contribution is -2.15. The molecule has 0 aliphatic heterocycles. The molecule has 3 nitrogen and oxygen atoms in total. The third-order valence-electron chi connectivity index (χ3n) is 3.90. The molecule has 0 atom stereocenters. The maximum atomic E-state index is 12.1. The van der Waals surface area contributed by atoms with Crippen LogP contribution in [0.15, 0.2) is 6.07 Å². The molecule has 0 amide bonds. The third kappa shape index (κ3) is 3.44. The highest BCUT2D eigenvalue weighted by molar-refractivity contribution is 5.80. The van der Waals surface area contributed by atoms with Crippen molar-refractivity contribution in [3.63, 3.8) is 0 Å². The SMILES string of the molecule is CCn1nc(C)cc1CC(=O)CC1CCCCC1. The van der Waals surface area contributed by atoms with Crippen LogP contribution in [0, 0.1) is 12.8 Å². The number of hydrogen-bond acceptors (Lipinski definition) is 2. The Kier molecular flexibility index (Phi) is 4.56. The molecule has 0 bridgehead atoms. The molecule has 18 heavy (non-hydrogen) atoms. The van der Waals surface area contributed by atoms with Gasteiger partial charge in [-0.1, -0.05) is 32.1 Å². The van der Waals surface area contributed by atoms with Crippen LogP contribution in [0.5, 0.6) is 0 Å². The van der Waals surface area contributed by atoms with E-state index in [9.17, 15) is 4.79 Å². The van der Waals surface area contributed by atoms with Crippen molar-refractivity contribution >= 4 is 5.78 Å². The Balaban J connectivity index is 1.89. The average Bonchev–Trinajstić information content (AvgIpc) is 2.70. The van der Waals surface area contributed by atoms with Crippen molar-refractivity contribution in [2.75, 3.05) is 0 Å². The monoisotopic (exact) mass is 248 g/mol. The van der Waals surface area contributed by atoms with Crippen molar-refractivity contribution in [3.05, 3.63) is 17.5 Å². The summed E-state index contributed by atoms with van der Waals surface area (Å²) in [4.78, 5) is 12.1. The highest BCUT2D eigenvalue weighted by atomic mass is 16.1. The summed E-state index contributed by atoms with van der Waals surface area (Å²) in [5.41, 5.74) is 2.09. The fraction of sp³-hybridized carbons (Fsp3) is 0.733. The Bertz CT molecular complexity index is 403. The van der Waals surface area contributed by atoms with Crippen LogP contribution in [0.2, 0.25) is 0 Å². The predicted octanol–water partition coefficient (Wildman–Crippen LogP) is 3.29. The van der Waals surface area contributed by atoms with E-state index in [4.69, 9.17) is 0 Å². The Morgan fingerprint density at radius 1 is 1.39 bits per heavy atom. The van der Waals surface area contributed by atoms with E-state index in [1.807, 2.05) is 17.7 Å². The summed E-state index contributed by atoms with van der Waals surface area (Å²) in [5, 5.41) is 4.39. The first-order valence-corrected chi connectivity index (χ1v) is 7.24. The molecule has 1 saturated carbocycles. The van der Waals surface area contributed by atoms with Gasteiger partial charge in [-0.3, -0.25) is 9.48 Å². The van der Waals surface area contributed by atoms with Crippen molar-refractivity contribution < 1.29 is 4.79 Å². The van der Waals surface area contributed by atoms with Gasteiger partial charge >= 0.3 is 0 Å². The number of rotatable bonds is 5. The molecule has 1 aromatic rings. The zero-order valence-electron chi connectivity index (χ0n) is 11.6. The summed E-state index contributed by atoms with van der Waals surface area (Å²) in [7, 11) is 0. The second-order valence-corrected chi connectivity index (χ2v) is 5.52. The normalized spacial score (nSPS) is 17.0. The number of ketones is 1. The highest BCUT2D eigenvalue weighted by Crippen LogP contribution is 2.26. The topological polar surface area (TPSA) is 34.9 Å². The maximum Gasteiger partial charge on any atom is 0.139 e. The molecule has 0 radical (unpaired) electrons. The van der Waals surface area contributed by atoms with Gasteiger partial charge in [-0.25, -0.2) is 0 Å². The summed E-state index contributed by atoms with van der Waals surface area (Å²) >= 11 is 0. The first kappa shape index (κ1) is 13.3. The summed E-state index contributed by atoms with van der Waals surface area (Å²) < 4.78 is 1.95. The van der Waals surface area contributed by atoms with E-state index >= 15 is 0 Å². The molecule has 2 rings (SSSR count). The van der Waals surface area contributed by atoms with Gasteiger partial charge in [0.15, 0.2) is 0 Å². The number of carbonyl (C=O) groups excluding carboxylic acids is 1. The van der Waals surface area contributed by atoms with Crippen LogP contribution in [-0.4, -0.2) is 15.6 Å². The summed E-state index contributed by atoms with van der Waals surface area (Å²) in [6.07, 6.45) is 7.80. The second-order valence-electron chi connectivity index (χ2n) is 5.52. The van der Waals surface area contributed by atoms with Crippen LogP contribution in [0.3, 0.4) is 0 Å². The molecule has 1 heterocycles. The fourth-order valence-electron chi connectivity index (χ4n) is 3.00. The van der Waals surface area contributed by atoms with Gasteiger partial charge < -0.3 is 0 Å². The van der Waals surface area contributed by atoms with Gasteiger partial charge in [-0.2, -0.15) is 5.10 Å². The van der Waals surface area contributed by atoms with E-state index in [1.165, 1.54) is 32.1 Å². The van der Waals surface area contributed by atoms with Crippen molar-refractivity contribution in [2.24, 2.45) is 5.92 Å². The number of aryl methyl sites for hydroxylation is 2. The van der Waals surface area contributed by atoms with Gasteiger partial charge in [0, 0.05) is 25.1 Å². The van der Waals surface area contributed by atoms with Crippen LogP contribution >= 0.6 is 0 Å². The standard InChI is InChI=1S/C15H24N2O/c1-3-17-14(9-12(2)16-17)11-15(18)10-13-7-5-4-6-8-13/h9,13H,3-8,10-11H2,1-2H3. The Labute approximate surface area is 110 Å². The summed E-state index contributed by atoms with van der Waals surface area (Å²) in [6.45, 7) is 4.91. The zero-order valence-corrected chi connectivity index (χ0v) is 11.6. The van der Waals surface area contributed by atoms with Crippen LogP contribution < -0.4 is 0 Å². The molecule has 1 aromatic heterocycles. The van der Waals surface area contributed by atoms with Gasteiger partial charge in [-0.15, -0.1) is 0 Å². The number of nitrogens with zero attached hydrogens (tertiary/aromatic N) is 2. The number of aromatic nitrogens is 2. The summed E-state index contributed by atoms with van der Waals surface area (Å²) in [6, 6.07) is 2.04. The average molecular weight is 248 g/mol. The second kappa shape index (κ2) is 6.17. The number of Topliss-reactive ketones (excluding diaryl/α,β-unsaturated/α-hetero) is 1. The van der Waals surface area contributed by atoms with E-state index in [1.54, 1.807) is 0 Å². The molecular formula is C15H24N2O. The van der Waals surface area contributed by atoms with E-state index in [0.29, 0.717) is 18.1 Å². The van der Waals surface area contributed by atoms with Crippen LogP contribution in [0.25, 0.3) is 0 Å². The molecule has 3 heteroatoms. The molecule has 1 fully saturated rings. The Morgan fingerprint density at radius 3 is 2.78 bits per heavy atom. The highest BCUT2D eigenvalue weighted by Gasteiger charge is 2.18. The first-order valence-electron chi connectivity index (χ1n) is 7.24.